The van der Waals surface area contributed by atoms with Gasteiger partial charge in [-0.2, -0.15) is 0 Å². The molecule has 0 spiro atoms. The van der Waals surface area contributed by atoms with Gasteiger partial charge in [0.05, 0.1) is 6.04 Å². The molecule has 41 heavy (non-hydrogen) atoms. The number of likely N-dealkylation sites (tertiary alicyclic amines) is 1. The van der Waals surface area contributed by atoms with Crippen LogP contribution in [0.5, 0.6) is 11.5 Å². The fourth-order valence-corrected chi connectivity index (χ4v) is 5.74. The van der Waals surface area contributed by atoms with Gasteiger partial charge in [0.2, 0.25) is 5.91 Å². The van der Waals surface area contributed by atoms with E-state index in [1.54, 1.807) is 29.2 Å². The molecule has 3 atom stereocenters. The summed E-state index contributed by atoms with van der Waals surface area (Å²) in [6, 6.07) is 24.2. The third kappa shape index (κ3) is 7.32. The highest BCUT2D eigenvalue weighted by Gasteiger charge is 2.40. The van der Waals surface area contributed by atoms with E-state index in [9.17, 15) is 19.5 Å². The number of hydrogen-bond donors (Lipinski definition) is 3. The first kappa shape index (κ1) is 28.4. The predicted octanol–water partition coefficient (Wildman–Crippen LogP) is 4.23. The normalized spacial score (nSPS) is 18.5. The van der Waals surface area contributed by atoms with Crippen LogP contribution in [0.2, 0.25) is 0 Å². The molecule has 214 valence electrons. The molecule has 1 aliphatic carbocycles. The number of aliphatic hydroxyl groups is 1. The highest BCUT2D eigenvalue weighted by Crippen LogP contribution is 2.25. The Hall–Kier alpha value is -4.17. The first-order valence-electron chi connectivity index (χ1n) is 14.4. The maximum absolute atomic E-state index is 14.0. The second-order valence-electron chi connectivity index (χ2n) is 10.8. The fraction of sp³-hybridized carbons (Fsp3) is 0.364. The summed E-state index contributed by atoms with van der Waals surface area (Å²) in [5.74, 6) is 0.00577. The number of carbonyl (C=O) groups is 3. The summed E-state index contributed by atoms with van der Waals surface area (Å²) in [7, 11) is 0. The number of aliphatic hydroxyl groups excluding tert-OH is 1. The Labute approximate surface area is 240 Å². The number of rotatable bonds is 10. The van der Waals surface area contributed by atoms with Crippen molar-refractivity contribution in [2.75, 3.05) is 6.54 Å². The van der Waals surface area contributed by atoms with E-state index in [1.165, 1.54) is 0 Å². The molecule has 1 saturated carbocycles. The molecule has 3 aromatic rings. The third-order valence-corrected chi connectivity index (χ3v) is 7.88. The Morgan fingerprint density at radius 1 is 0.854 bits per heavy atom. The smallest absolute Gasteiger partial charge is 0.252 e. The predicted molar refractivity (Wildman–Crippen MR) is 155 cm³/mol. The quantitative estimate of drug-likeness (QED) is 0.347. The average Bonchev–Trinajstić information content (AvgIpc) is 3.70. The van der Waals surface area contributed by atoms with Gasteiger partial charge >= 0.3 is 0 Å². The lowest BCUT2D eigenvalue weighted by molar-refractivity contribution is -0.141. The Morgan fingerprint density at radius 2 is 1.54 bits per heavy atom. The lowest BCUT2D eigenvalue weighted by atomic mass is 10.0. The summed E-state index contributed by atoms with van der Waals surface area (Å²) in [6.45, 7) is 0.416. The van der Waals surface area contributed by atoms with Crippen molar-refractivity contribution in [1.82, 2.24) is 15.5 Å². The van der Waals surface area contributed by atoms with E-state index < -0.39 is 30.0 Å². The Bertz CT molecular complexity index is 1330. The maximum atomic E-state index is 14.0. The minimum absolute atomic E-state index is 0.0782. The van der Waals surface area contributed by atoms with Crippen molar-refractivity contribution >= 4 is 17.7 Å². The van der Waals surface area contributed by atoms with Gasteiger partial charge in [0.25, 0.3) is 11.8 Å². The van der Waals surface area contributed by atoms with Gasteiger partial charge in [-0.15, -0.1) is 0 Å². The Morgan fingerprint density at radius 3 is 2.27 bits per heavy atom. The molecule has 2 aliphatic rings. The van der Waals surface area contributed by atoms with E-state index in [4.69, 9.17) is 4.74 Å². The molecule has 3 amide bonds. The maximum Gasteiger partial charge on any atom is 0.252 e. The number of benzene rings is 3. The van der Waals surface area contributed by atoms with Gasteiger partial charge in [-0.05, 0) is 61.6 Å². The second-order valence-corrected chi connectivity index (χ2v) is 10.8. The molecular weight excluding hydrogens is 518 g/mol. The summed E-state index contributed by atoms with van der Waals surface area (Å²) in [5.41, 5.74) is 1.25. The van der Waals surface area contributed by atoms with Crippen molar-refractivity contribution in [2.24, 2.45) is 0 Å². The zero-order chi connectivity index (χ0) is 28.6. The summed E-state index contributed by atoms with van der Waals surface area (Å²) < 4.78 is 5.89. The molecule has 1 saturated heterocycles. The van der Waals surface area contributed by atoms with Crippen molar-refractivity contribution in [3.05, 3.63) is 96.1 Å². The number of carbonyl (C=O) groups excluding carboxylic acids is 3. The summed E-state index contributed by atoms with van der Waals surface area (Å²) >= 11 is 0. The van der Waals surface area contributed by atoms with Gasteiger partial charge in [0, 0.05) is 24.6 Å². The van der Waals surface area contributed by atoms with Crippen molar-refractivity contribution in [1.29, 1.82) is 0 Å². The number of nitrogens with zero attached hydrogens (tertiary/aromatic N) is 1. The van der Waals surface area contributed by atoms with E-state index in [2.05, 4.69) is 10.6 Å². The van der Waals surface area contributed by atoms with Crippen LogP contribution in [-0.2, 0) is 16.0 Å². The molecule has 1 unspecified atom stereocenters. The van der Waals surface area contributed by atoms with E-state index in [0.717, 1.165) is 31.2 Å². The zero-order valence-corrected chi connectivity index (χ0v) is 23.1. The minimum atomic E-state index is -1.32. The van der Waals surface area contributed by atoms with Crippen LogP contribution in [0.25, 0.3) is 0 Å². The van der Waals surface area contributed by atoms with Gasteiger partial charge in [0.15, 0.2) is 6.10 Å². The summed E-state index contributed by atoms with van der Waals surface area (Å²) in [6.07, 6.45) is 4.11. The van der Waals surface area contributed by atoms with Gasteiger partial charge in [-0.3, -0.25) is 14.4 Å². The fourth-order valence-electron chi connectivity index (χ4n) is 5.74. The molecule has 2 fully saturated rings. The Balaban J connectivity index is 1.31. The molecule has 0 aromatic heterocycles. The summed E-state index contributed by atoms with van der Waals surface area (Å²) in [5, 5.41) is 16.9. The van der Waals surface area contributed by atoms with Crippen molar-refractivity contribution in [3.63, 3.8) is 0 Å². The average molecular weight is 556 g/mol. The third-order valence-electron chi connectivity index (χ3n) is 7.88. The van der Waals surface area contributed by atoms with E-state index in [-0.39, 0.29) is 18.4 Å². The molecule has 8 heteroatoms. The molecule has 5 rings (SSSR count). The lowest BCUT2D eigenvalue weighted by Gasteiger charge is -2.32. The van der Waals surface area contributed by atoms with E-state index >= 15 is 0 Å². The lowest BCUT2D eigenvalue weighted by Crippen LogP contribution is -2.56. The first-order chi connectivity index (χ1) is 20.0. The number of amides is 3. The monoisotopic (exact) mass is 555 g/mol. The van der Waals surface area contributed by atoms with Crippen LogP contribution in [0.1, 0.15) is 54.4 Å². The van der Waals surface area contributed by atoms with Crippen LogP contribution in [0.4, 0.5) is 0 Å². The highest BCUT2D eigenvalue weighted by atomic mass is 16.5. The van der Waals surface area contributed by atoms with Crippen molar-refractivity contribution in [3.8, 4) is 11.5 Å². The van der Waals surface area contributed by atoms with Crippen LogP contribution in [0.15, 0.2) is 84.9 Å². The van der Waals surface area contributed by atoms with Crippen LogP contribution in [-0.4, -0.2) is 58.5 Å². The summed E-state index contributed by atoms with van der Waals surface area (Å²) in [4.78, 5) is 41.8. The number of para-hydroxylation sites is 1. The molecule has 0 radical (unpaired) electrons. The van der Waals surface area contributed by atoms with Gasteiger partial charge < -0.3 is 25.4 Å². The topological polar surface area (TPSA) is 108 Å². The molecule has 0 bridgehead atoms. The number of ether oxygens (including phenoxy) is 1. The highest BCUT2D eigenvalue weighted by molar-refractivity contribution is 5.98. The van der Waals surface area contributed by atoms with Gasteiger partial charge in [0.1, 0.15) is 17.5 Å². The largest absolute Gasteiger partial charge is 0.457 e. The van der Waals surface area contributed by atoms with Crippen LogP contribution in [0.3, 0.4) is 0 Å². The van der Waals surface area contributed by atoms with Crippen molar-refractivity contribution < 1.29 is 24.2 Å². The number of hydrogen-bond acceptors (Lipinski definition) is 5. The molecule has 1 heterocycles. The first-order valence-corrected chi connectivity index (χ1v) is 14.4. The van der Waals surface area contributed by atoms with Gasteiger partial charge in [-0.25, -0.2) is 0 Å². The SMILES string of the molecule is O=C(N[C@@H](Cc1ccccc1)C(=O)N1CCC[C@H]1C(O)C(=O)NC1CCCC1)c1cccc(Oc2ccccc2)c1. The minimum Gasteiger partial charge on any atom is -0.457 e. The molecule has 3 N–H and O–H groups in total. The van der Waals surface area contributed by atoms with E-state index in [0.29, 0.717) is 36.4 Å². The van der Waals surface area contributed by atoms with E-state index in [1.807, 2.05) is 60.7 Å². The molecule has 8 nitrogen and oxygen atoms in total. The van der Waals surface area contributed by atoms with Crippen LogP contribution >= 0.6 is 0 Å². The standard InChI is InChI=1S/C33H37N3O5/c37-30(32(39)34-25-14-7-8-15-25)29-19-10-20-36(29)33(40)28(21-23-11-3-1-4-12-23)35-31(38)24-13-9-18-27(22-24)41-26-16-5-2-6-17-26/h1-6,9,11-13,16-18,22,25,28-30,37H,7-8,10,14-15,19-21H2,(H,34,39)(H,35,38)/t28-,29-,30?/m0/s1. The Kier molecular flexibility index (Phi) is 9.31. The zero-order valence-electron chi connectivity index (χ0n) is 23.1. The van der Waals surface area contributed by atoms with Crippen molar-refractivity contribution in [2.45, 2.75) is 69.2 Å². The molecule has 3 aromatic carbocycles. The van der Waals surface area contributed by atoms with Crippen LogP contribution < -0.4 is 15.4 Å². The molecular formula is C33H37N3O5. The van der Waals surface area contributed by atoms with Gasteiger partial charge in [-0.1, -0.05) is 67.4 Å². The second kappa shape index (κ2) is 13.5. The van der Waals surface area contributed by atoms with Crippen LogP contribution in [0, 0.1) is 0 Å². The number of nitrogens with one attached hydrogen (secondary N) is 2. The molecule has 1 aliphatic heterocycles.